The summed E-state index contributed by atoms with van der Waals surface area (Å²) < 4.78 is 11.9. The van der Waals surface area contributed by atoms with Gasteiger partial charge in [0.25, 0.3) is 0 Å². The molecule has 94 valence electrons. The second-order valence-corrected chi connectivity index (χ2v) is 7.44. The Morgan fingerprint density at radius 3 is 1.44 bits per heavy atom. The Bertz CT molecular complexity index is 150. The Morgan fingerprint density at radius 2 is 1.25 bits per heavy atom. The zero-order valence-corrected chi connectivity index (χ0v) is 16.3. The summed E-state index contributed by atoms with van der Waals surface area (Å²) in [6, 6.07) is 0.981. The van der Waals surface area contributed by atoms with Crippen LogP contribution in [0.4, 0.5) is 0 Å². The van der Waals surface area contributed by atoms with Gasteiger partial charge in [0.2, 0.25) is 0 Å². The van der Waals surface area contributed by atoms with E-state index in [0.717, 1.165) is 12.5 Å². The summed E-state index contributed by atoms with van der Waals surface area (Å²) in [7, 11) is -1.55. The first kappa shape index (κ1) is 22.8. The van der Waals surface area contributed by atoms with E-state index < -0.39 is 9.28 Å². The van der Waals surface area contributed by atoms with Crippen LogP contribution in [0.15, 0.2) is 0 Å². The molecule has 0 aromatic heterocycles. The Morgan fingerprint density at radius 1 is 0.938 bits per heavy atom. The average Bonchev–Trinajstić information content (AvgIpc) is 1.78. The molecule has 0 aliphatic heterocycles. The van der Waals surface area contributed by atoms with E-state index in [-0.39, 0.29) is 58.2 Å². The Kier molecular flexibility index (Phi) is 13.6. The van der Waals surface area contributed by atoms with Crippen molar-refractivity contribution in [1.29, 1.82) is 0 Å². The van der Waals surface area contributed by atoms with Crippen LogP contribution in [0.3, 0.4) is 0 Å². The molecule has 0 N–H and O–H groups in total. The van der Waals surface area contributed by atoms with E-state index in [2.05, 4.69) is 48.5 Å². The Labute approximate surface area is 136 Å². The van der Waals surface area contributed by atoms with Crippen LogP contribution in [0, 0.1) is 6.92 Å². The summed E-state index contributed by atoms with van der Waals surface area (Å²) in [5, 5.41) is 0. The zero-order valence-electron chi connectivity index (χ0n) is 11.6. The molecule has 2 nitrogen and oxygen atoms in total. The van der Waals surface area contributed by atoms with E-state index in [4.69, 9.17) is 8.85 Å². The van der Waals surface area contributed by atoms with Gasteiger partial charge in [-0.15, -0.1) is 0 Å². The van der Waals surface area contributed by atoms with Crippen LogP contribution in [0.2, 0.25) is 6.04 Å². The number of hydrogen-bond donors (Lipinski definition) is 0. The summed E-state index contributed by atoms with van der Waals surface area (Å²) in [6.07, 6.45) is 0.892. The topological polar surface area (TPSA) is 18.5 Å². The van der Waals surface area contributed by atoms with Crippen LogP contribution in [0.1, 0.15) is 48.0 Å². The first-order chi connectivity index (χ1) is 6.14. The van der Waals surface area contributed by atoms with Crippen LogP contribution in [0.25, 0.3) is 0 Å². The molecule has 16 heavy (non-hydrogen) atoms. The first-order valence-corrected chi connectivity index (χ1v) is 7.05. The maximum atomic E-state index is 5.93. The fourth-order valence-electron chi connectivity index (χ4n) is 1.10. The quantitative estimate of drug-likeness (QED) is 0.385. The monoisotopic (exact) mass is 368 g/mol. The van der Waals surface area contributed by atoms with Crippen molar-refractivity contribution >= 4 is 32.3 Å². The molecule has 5 heteroatoms. The number of rotatable bonds is 4. The smallest absolute Gasteiger partial charge is 1.00 e. The van der Waals surface area contributed by atoms with Crippen LogP contribution in [0.5, 0.6) is 0 Å². The number of hydrogen-bond acceptors (Lipinski definition) is 2. The summed E-state index contributed by atoms with van der Waals surface area (Å²) in [5.74, 6) is 0. The third-order valence-electron chi connectivity index (χ3n) is 1.41. The molecule has 0 rings (SSSR count). The summed E-state index contributed by atoms with van der Waals surface area (Å²) in [6.45, 7) is 16.3. The van der Waals surface area contributed by atoms with Gasteiger partial charge >= 0.3 is 32.3 Å². The largest absolute Gasteiger partial charge is 2.00 e. The molecule has 0 heterocycles. The van der Waals surface area contributed by atoms with Crippen LogP contribution < -0.4 is 24.0 Å². The van der Waals surface area contributed by atoms with Gasteiger partial charge in [-0.3, -0.25) is 0 Å². The fourth-order valence-corrected chi connectivity index (χ4v) is 3.29. The van der Waals surface area contributed by atoms with E-state index >= 15 is 0 Å². The SMILES string of the molecule is [CH2-]CC[SiH](OC(C)(C)C)OC(C)(C)C.[I-].[Mg+2]. The van der Waals surface area contributed by atoms with Gasteiger partial charge in [0.05, 0.1) is 0 Å². The molecule has 0 aliphatic carbocycles. The van der Waals surface area contributed by atoms with Crippen LogP contribution in [-0.2, 0) is 8.85 Å². The molecule has 0 saturated heterocycles. The standard InChI is InChI=1S/C11H25O2Si.HI.Mg/c1-8-9-14(12-10(2,3)4)13-11(5,6)7;;/h14H,1,8-9H2,2-7H3;1H;/q-1;;+2/p-1. The van der Waals surface area contributed by atoms with E-state index in [1.54, 1.807) is 0 Å². The zero-order chi connectivity index (χ0) is 11.4. The van der Waals surface area contributed by atoms with E-state index in [0.29, 0.717) is 0 Å². The molecule has 0 aromatic carbocycles. The van der Waals surface area contributed by atoms with Crippen LogP contribution >= 0.6 is 0 Å². The minimum Gasteiger partial charge on any atom is -1.00 e. The molecular weight excluding hydrogens is 343 g/mol. The van der Waals surface area contributed by atoms with Gasteiger partial charge < -0.3 is 39.8 Å². The molecular formula is C11H25IMgO2Si. The normalized spacial score (nSPS) is 12.0. The molecule has 0 bridgehead atoms. The third kappa shape index (κ3) is 15.6. The van der Waals surface area contributed by atoms with E-state index in [1.165, 1.54) is 0 Å². The molecule has 0 radical (unpaired) electrons. The fraction of sp³-hybridized carbons (Fsp3) is 0.909. The Hall–Kier alpha value is 1.63. The average molecular weight is 369 g/mol. The van der Waals surface area contributed by atoms with Gasteiger partial charge in [-0.05, 0) is 47.6 Å². The van der Waals surface area contributed by atoms with Gasteiger partial charge in [0, 0.05) is 11.2 Å². The maximum Gasteiger partial charge on any atom is 2.00 e. The minimum absolute atomic E-state index is 0. The summed E-state index contributed by atoms with van der Waals surface area (Å²) >= 11 is 0. The van der Waals surface area contributed by atoms with E-state index in [9.17, 15) is 0 Å². The third-order valence-corrected chi connectivity index (χ3v) is 4.23. The Balaban J connectivity index is -0.000000845. The van der Waals surface area contributed by atoms with Crippen LogP contribution in [-0.4, -0.2) is 43.5 Å². The molecule has 0 saturated carbocycles. The molecule has 0 amide bonds. The first-order valence-electron chi connectivity index (χ1n) is 5.29. The van der Waals surface area contributed by atoms with Gasteiger partial charge in [0.1, 0.15) is 0 Å². The van der Waals surface area contributed by atoms with Gasteiger partial charge in [0.15, 0.2) is 0 Å². The summed E-state index contributed by atoms with van der Waals surface area (Å²) in [4.78, 5) is 0. The van der Waals surface area contributed by atoms with Crippen molar-refractivity contribution < 1.29 is 32.8 Å². The van der Waals surface area contributed by atoms with Crippen molar-refractivity contribution in [3.63, 3.8) is 0 Å². The second-order valence-electron chi connectivity index (χ2n) is 5.53. The molecule has 0 atom stereocenters. The molecule has 0 fully saturated rings. The minimum atomic E-state index is -1.55. The van der Waals surface area contributed by atoms with Gasteiger partial charge in [-0.2, -0.15) is 6.42 Å². The number of halogens is 1. The van der Waals surface area contributed by atoms with E-state index in [1.807, 2.05) is 0 Å². The van der Waals surface area contributed by atoms with Crippen molar-refractivity contribution in [3.8, 4) is 0 Å². The van der Waals surface area contributed by atoms with Crippen molar-refractivity contribution in [2.45, 2.75) is 65.2 Å². The molecule has 0 aromatic rings. The predicted octanol–water partition coefficient (Wildman–Crippen LogP) is -0.316. The second kappa shape index (κ2) is 9.55. The van der Waals surface area contributed by atoms with Gasteiger partial charge in [-0.25, -0.2) is 0 Å². The molecule has 0 unspecified atom stereocenters. The van der Waals surface area contributed by atoms with Crippen molar-refractivity contribution in [2.75, 3.05) is 0 Å². The maximum absolute atomic E-state index is 5.93. The predicted molar refractivity (Wildman–Crippen MR) is 69.4 cm³/mol. The van der Waals surface area contributed by atoms with Crippen molar-refractivity contribution in [3.05, 3.63) is 6.92 Å². The molecule has 0 spiro atoms. The van der Waals surface area contributed by atoms with Crippen molar-refractivity contribution in [2.24, 2.45) is 0 Å². The summed E-state index contributed by atoms with van der Waals surface area (Å²) in [5.41, 5.74) is -0.200. The van der Waals surface area contributed by atoms with Gasteiger partial charge in [-0.1, -0.05) is 0 Å². The molecule has 0 aliphatic rings. The van der Waals surface area contributed by atoms with Crippen molar-refractivity contribution in [1.82, 2.24) is 0 Å².